The Morgan fingerprint density at radius 3 is 2.79 bits per heavy atom. The van der Waals surface area contributed by atoms with Crippen molar-refractivity contribution in [2.75, 3.05) is 33.4 Å². The summed E-state index contributed by atoms with van der Waals surface area (Å²) in [7, 11) is 1.84. The molecule has 154 valence electrons. The summed E-state index contributed by atoms with van der Waals surface area (Å²) in [6.45, 7) is 8.29. The summed E-state index contributed by atoms with van der Waals surface area (Å²) in [5, 5.41) is 3.48. The van der Waals surface area contributed by atoms with E-state index in [2.05, 4.69) is 40.0 Å². The van der Waals surface area contributed by atoms with Gasteiger partial charge in [-0.25, -0.2) is 0 Å². The zero-order valence-electron chi connectivity index (χ0n) is 17.2. The van der Waals surface area contributed by atoms with Crippen LogP contribution in [0.5, 0.6) is 5.75 Å². The summed E-state index contributed by atoms with van der Waals surface area (Å²) in [4.78, 5) is 6.78. The molecule has 29 heavy (non-hydrogen) atoms. The number of nitrogens with one attached hydrogen (secondary N) is 1. The quantitative estimate of drug-likeness (QED) is 0.399. The van der Waals surface area contributed by atoms with Crippen molar-refractivity contribution in [3.8, 4) is 5.75 Å². The molecule has 0 bridgehead atoms. The topological polar surface area (TPSA) is 46.1 Å². The van der Waals surface area contributed by atoms with Crippen molar-refractivity contribution in [1.82, 2.24) is 10.2 Å². The Kier molecular flexibility index (Phi) is 8.13. The van der Waals surface area contributed by atoms with Gasteiger partial charge in [0.1, 0.15) is 12.4 Å². The van der Waals surface area contributed by atoms with Gasteiger partial charge < -0.3 is 19.7 Å². The van der Waals surface area contributed by atoms with Crippen molar-refractivity contribution < 1.29 is 9.47 Å². The number of nitrogens with zero attached hydrogens (tertiary/aromatic N) is 2. The summed E-state index contributed by atoms with van der Waals surface area (Å²) in [6, 6.07) is 18.4. The van der Waals surface area contributed by atoms with Gasteiger partial charge in [-0.15, -0.1) is 0 Å². The van der Waals surface area contributed by atoms with E-state index < -0.39 is 0 Å². The van der Waals surface area contributed by atoms with Crippen LogP contribution in [0.15, 0.2) is 72.2 Å². The van der Waals surface area contributed by atoms with E-state index in [-0.39, 0.29) is 0 Å². The maximum Gasteiger partial charge on any atom is 0.193 e. The van der Waals surface area contributed by atoms with Crippen LogP contribution in [0, 0.1) is 5.92 Å². The van der Waals surface area contributed by atoms with Crippen LogP contribution in [-0.2, 0) is 17.9 Å². The van der Waals surface area contributed by atoms with Crippen molar-refractivity contribution in [2.45, 2.75) is 19.6 Å². The molecule has 1 fully saturated rings. The van der Waals surface area contributed by atoms with Crippen LogP contribution in [0.1, 0.15) is 17.5 Å². The second-order valence-electron chi connectivity index (χ2n) is 7.21. The molecular weight excluding hydrogens is 362 g/mol. The summed E-state index contributed by atoms with van der Waals surface area (Å²) in [5.74, 6) is 2.33. The minimum atomic E-state index is 0.503. The molecule has 0 aromatic heterocycles. The van der Waals surface area contributed by atoms with Crippen LogP contribution in [0.25, 0.3) is 0 Å². The van der Waals surface area contributed by atoms with E-state index in [1.807, 2.05) is 43.4 Å². The highest BCUT2D eigenvalue weighted by atomic mass is 16.5. The van der Waals surface area contributed by atoms with Crippen LogP contribution in [0.2, 0.25) is 0 Å². The Balaban J connectivity index is 1.46. The number of aliphatic imine (C=N–C) groups is 1. The monoisotopic (exact) mass is 393 g/mol. The molecule has 1 unspecified atom stereocenters. The lowest BCUT2D eigenvalue weighted by molar-refractivity contribution is 0.0906. The van der Waals surface area contributed by atoms with Gasteiger partial charge in [-0.3, -0.25) is 4.99 Å². The van der Waals surface area contributed by atoms with Gasteiger partial charge in [0.25, 0.3) is 0 Å². The van der Waals surface area contributed by atoms with Crippen molar-refractivity contribution >= 4 is 5.96 Å². The van der Waals surface area contributed by atoms with Crippen LogP contribution >= 0.6 is 0 Å². The fourth-order valence-electron chi connectivity index (χ4n) is 3.52. The molecule has 1 saturated heterocycles. The van der Waals surface area contributed by atoms with Gasteiger partial charge in [-0.05, 0) is 18.1 Å². The normalized spacial score (nSPS) is 16.7. The summed E-state index contributed by atoms with van der Waals surface area (Å²) >= 11 is 0. The SMILES string of the molecule is C=CCOc1ccccc1CNC(=NC)N1CCC(COCc2ccccc2)C1. The Hall–Kier alpha value is -2.79. The smallest absolute Gasteiger partial charge is 0.193 e. The number of hydrogen-bond donors (Lipinski definition) is 1. The molecule has 1 atom stereocenters. The predicted molar refractivity (Wildman–Crippen MR) is 118 cm³/mol. The maximum absolute atomic E-state index is 5.94. The van der Waals surface area contributed by atoms with Gasteiger partial charge in [-0.2, -0.15) is 0 Å². The lowest BCUT2D eigenvalue weighted by Crippen LogP contribution is -2.39. The molecule has 0 aliphatic carbocycles. The lowest BCUT2D eigenvalue weighted by Gasteiger charge is -2.22. The van der Waals surface area contributed by atoms with Crippen molar-refractivity contribution in [2.24, 2.45) is 10.9 Å². The van der Waals surface area contributed by atoms with E-state index >= 15 is 0 Å². The highest BCUT2D eigenvalue weighted by Crippen LogP contribution is 2.20. The lowest BCUT2D eigenvalue weighted by atomic mass is 10.1. The molecule has 3 rings (SSSR count). The van der Waals surface area contributed by atoms with Gasteiger partial charge in [0.2, 0.25) is 0 Å². The van der Waals surface area contributed by atoms with Gasteiger partial charge >= 0.3 is 0 Å². The van der Waals surface area contributed by atoms with Gasteiger partial charge in [0.05, 0.1) is 13.2 Å². The number of benzene rings is 2. The molecule has 1 aliphatic heterocycles. The van der Waals surface area contributed by atoms with Crippen LogP contribution < -0.4 is 10.1 Å². The first kappa shape index (κ1) is 20.9. The second-order valence-corrected chi connectivity index (χ2v) is 7.21. The van der Waals surface area contributed by atoms with E-state index in [4.69, 9.17) is 9.47 Å². The molecule has 0 radical (unpaired) electrons. The van der Waals surface area contributed by atoms with E-state index in [1.54, 1.807) is 6.08 Å². The van der Waals surface area contributed by atoms with Crippen molar-refractivity contribution in [1.29, 1.82) is 0 Å². The van der Waals surface area contributed by atoms with Crippen LogP contribution in [-0.4, -0.2) is 44.2 Å². The Morgan fingerprint density at radius 1 is 1.21 bits per heavy atom. The zero-order chi connectivity index (χ0) is 20.3. The summed E-state index contributed by atoms with van der Waals surface area (Å²) in [6.07, 6.45) is 2.88. The first-order chi connectivity index (χ1) is 14.3. The van der Waals surface area contributed by atoms with Crippen LogP contribution in [0.4, 0.5) is 0 Å². The maximum atomic E-state index is 5.94. The number of hydrogen-bond acceptors (Lipinski definition) is 3. The molecule has 1 N–H and O–H groups in total. The molecule has 1 heterocycles. The van der Waals surface area contributed by atoms with Crippen molar-refractivity contribution in [3.05, 3.63) is 78.4 Å². The second kappa shape index (κ2) is 11.3. The molecular formula is C24H31N3O2. The molecule has 2 aromatic carbocycles. The summed E-state index contributed by atoms with van der Waals surface area (Å²) in [5.41, 5.74) is 2.33. The Morgan fingerprint density at radius 2 is 2.00 bits per heavy atom. The van der Waals surface area contributed by atoms with E-state index in [9.17, 15) is 0 Å². The fraction of sp³-hybridized carbons (Fsp3) is 0.375. The molecule has 5 nitrogen and oxygen atoms in total. The number of rotatable bonds is 9. The highest BCUT2D eigenvalue weighted by molar-refractivity contribution is 5.80. The van der Waals surface area contributed by atoms with E-state index in [1.165, 1.54) is 5.56 Å². The van der Waals surface area contributed by atoms with Gasteiger partial charge in [0.15, 0.2) is 5.96 Å². The molecule has 0 amide bonds. The average molecular weight is 394 g/mol. The Labute approximate surface area is 174 Å². The first-order valence-corrected chi connectivity index (χ1v) is 10.2. The zero-order valence-corrected chi connectivity index (χ0v) is 17.2. The average Bonchev–Trinajstić information content (AvgIpc) is 3.23. The third-order valence-electron chi connectivity index (χ3n) is 5.03. The molecule has 1 aliphatic rings. The van der Waals surface area contributed by atoms with Gasteiger partial charge in [-0.1, -0.05) is 61.2 Å². The highest BCUT2D eigenvalue weighted by Gasteiger charge is 2.25. The predicted octanol–water partition coefficient (Wildman–Crippen LogP) is 3.87. The van der Waals surface area contributed by atoms with Gasteiger partial charge in [0, 0.05) is 38.2 Å². The minimum absolute atomic E-state index is 0.503. The van der Waals surface area contributed by atoms with Crippen LogP contribution in [0.3, 0.4) is 0 Å². The van der Waals surface area contributed by atoms with E-state index in [0.717, 1.165) is 43.4 Å². The molecule has 0 spiro atoms. The third-order valence-corrected chi connectivity index (χ3v) is 5.03. The largest absolute Gasteiger partial charge is 0.489 e. The minimum Gasteiger partial charge on any atom is -0.489 e. The molecule has 2 aromatic rings. The first-order valence-electron chi connectivity index (χ1n) is 10.2. The standard InChI is InChI=1S/C24H31N3O2/c1-3-15-29-23-12-8-7-11-22(23)16-26-24(25-2)27-14-13-21(17-27)19-28-18-20-9-5-4-6-10-20/h3-12,21H,1,13-19H2,2H3,(H,25,26). The number of ether oxygens (including phenoxy) is 2. The van der Waals surface area contributed by atoms with Crippen molar-refractivity contribution in [3.63, 3.8) is 0 Å². The number of guanidine groups is 1. The fourth-order valence-corrected chi connectivity index (χ4v) is 3.52. The van der Waals surface area contributed by atoms with E-state index in [0.29, 0.717) is 25.7 Å². The molecule has 5 heteroatoms. The number of likely N-dealkylation sites (tertiary alicyclic amines) is 1. The number of para-hydroxylation sites is 1. The Bertz CT molecular complexity index is 792. The third kappa shape index (κ3) is 6.36. The summed E-state index contributed by atoms with van der Waals surface area (Å²) < 4.78 is 11.7. The molecule has 0 saturated carbocycles.